The fourth-order valence-corrected chi connectivity index (χ4v) is 3.35. The Balaban J connectivity index is 1.72. The highest BCUT2D eigenvalue weighted by Gasteiger charge is 2.15. The van der Waals surface area contributed by atoms with Crippen molar-refractivity contribution < 1.29 is 23.8 Å². The van der Waals surface area contributed by atoms with Gasteiger partial charge in [0.1, 0.15) is 11.5 Å². The van der Waals surface area contributed by atoms with Gasteiger partial charge in [-0.15, -0.1) is 11.8 Å². The minimum absolute atomic E-state index is 0.270. The monoisotopic (exact) mass is 403 g/mol. The molecular weight excluding hydrogens is 378 g/mol. The van der Waals surface area contributed by atoms with Crippen molar-refractivity contribution in [2.24, 2.45) is 0 Å². The molecule has 0 spiro atoms. The van der Waals surface area contributed by atoms with Crippen molar-refractivity contribution in [2.75, 3.05) is 33.1 Å². The Morgan fingerprint density at radius 2 is 1.68 bits per heavy atom. The number of nitrogens with one attached hydrogen (secondary N) is 1. The molecule has 0 atom stereocenters. The summed E-state index contributed by atoms with van der Waals surface area (Å²) in [7, 11) is 3.03. The lowest BCUT2D eigenvalue weighted by Gasteiger charge is -2.12. The second-order valence-electron chi connectivity index (χ2n) is 5.95. The summed E-state index contributed by atoms with van der Waals surface area (Å²) in [5, 5.41) is 2.75. The van der Waals surface area contributed by atoms with Gasteiger partial charge in [-0.3, -0.25) is 4.79 Å². The van der Waals surface area contributed by atoms with Crippen LogP contribution >= 0.6 is 11.8 Å². The Kier molecular flexibility index (Phi) is 8.68. The van der Waals surface area contributed by atoms with Gasteiger partial charge in [-0.2, -0.15) is 0 Å². The van der Waals surface area contributed by atoms with Crippen molar-refractivity contribution in [1.29, 1.82) is 0 Å². The lowest BCUT2D eigenvalue weighted by atomic mass is 10.1. The highest BCUT2D eigenvalue weighted by molar-refractivity contribution is 7.99. The van der Waals surface area contributed by atoms with Crippen LogP contribution in [0.3, 0.4) is 0 Å². The van der Waals surface area contributed by atoms with E-state index in [2.05, 4.69) is 17.4 Å². The van der Waals surface area contributed by atoms with E-state index in [-0.39, 0.29) is 18.1 Å². The van der Waals surface area contributed by atoms with Gasteiger partial charge in [-0.25, -0.2) is 4.79 Å². The molecule has 2 rings (SSSR count). The van der Waals surface area contributed by atoms with Crippen molar-refractivity contribution in [3.05, 3.63) is 53.6 Å². The Bertz CT molecular complexity index is 770. The van der Waals surface area contributed by atoms with E-state index in [1.54, 1.807) is 23.9 Å². The SMILES string of the molecule is COc1cc(C(=O)OCC(=O)NCCCSc2ccccc2)cc(OC)c1C. The second-order valence-corrected chi connectivity index (χ2v) is 7.12. The summed E-state index contributed by atoms with van der Waals surface area (Å²) in [4.78, 5) is 25.3. The van der Waals surface area contributed by atoms with E-state index in [1.807, 2.05) is 25.1 Å². The van der Waals surface area contributed by atoms with Gasteiger partial charge in [0.15, 0.2) is 6.61 Å². The van der Waals surface area contributed by atoms with Crippen LogP contribution in [0.15, 0.2) is 47.4 Å². The second kappa shape index (κ2) is 11.2. The Morgan fingerprint density at radius 1 is 1.04 bits per heavy atom. The van der Waals surface area contributed by atoms with Gasteiger partial charge in [-0.1, -0.05) is 18.2 Å². The van der Waals surface area contributed by atoms with Crippen LogP contribution in [0.25, 0.3) is 0 Å². The third kappa shape index (κ3) is 6.49. The smallest absolute Gasteiger partial charge is 0.338 e. The molecule has 2 aromatic rings. The predicted octanol–water partition coefficient (Wildman–Crippen LogP) is 3.47. The van der Waals surface area contributed by atoms with Crippen molar-refractivity contribution in [1.82, 2.24) is 5.32 Å². The molecule has 0 heterocycles. The minimum atomic E-state index is -0.605. The lowest BCUT2D eigenvalue weighted by Crippen LogP contribution is -2.29. The number of methoxy groups -OCH3 is 2. The number of carbonyl (C=O) groups is 2. The van der Waals surface area contributed by atoms with E-state index in [9.17, 15) is 9.59 Å². The molecule has 2 aromatic carbocycles. The molecule has 1 amide bonds. The Hall–Kier alpha value is -2.67. The number of rotatable bonds is 10. The van der Waals surface area contributed by atoms with Gasteiger partial charge >= 0.3 is 5.97 Å². The zero-order valence-electron chi connectivity index (χ0n) is 16.3. The number of carbonyl (C=O) groups excluding carboxylic acids is 2. The van der Waals surface area contributed by atoms with Gasteiger partial charge < -0.3 is 19.5 Å². The molecule has 0 fully saturated rings. The maximum atomic E-state index is 12.2. The number of hydrogen-bond donors (Lipinski definition) is 1. The summed E-state index contributed by atoms with van der Waals surface area (Å²) in [6.07, 6.45) is 0.825. The molecule has 28 heavy (non-hydrogen) atoms. The van der Waals surface area contributed by atoms with Crippen LogP contribution in [0.5, 0.6) is 11.5 Å². The number of benzene rings is 2. The molecule has 0 saturated carbocycles. The van der Waals surface area contributed by atoms with Gasteiger partial charge in [0, 0.05) is 17.0 Å². The molecule has 0 saturated heterocycles. The molecule has 0 aromatic heterocycles. The number of hydrogen-bond acceptors (Lipinski definition) is 6. The van der Waals surface area contributed by atoms with Gasteiger partial charge in [0.05, 0.1) is 19.8 Å². The van der Waals surface area contributed by atoms with Gasteiger partial charge in [-0.05, 0) is 43.4 Å². The molecule has 6 nitrogen and oxygen atoms in total. The largest absolute Gasteiger partial charge is 0.496 e. The summed E-state index contributed by atoms with van der Waals surface area (Å²) in [6, 6.07) is 13.2. The van der Waals surface area contributed by atoms with E-state index in [1.165, 1.54) is 19.1 Å². The third-order valence-corrected chi connectivity index (χ3v) is 5.08. The third-order valence-electron chi connectivity index (χ3n) is 3.98. The summed E-state index contributed by atoms with van der Waals surface area (Å²) in [6.45, 7) is 2.03. The Labute approximate surface area is 169 Å². The fourth-order valence-electron chi connectivity index (χ4n) is 2.48. The number of amides is 1. The zero-order valence-corrected chi connectivity index (χ0v) is 17.1. The number of esters is 1. The van der Waals surface area contributed by atoms with Crippen molar-refractivity contribution in [3.8, 4) is 11.5 Å². The average Bonchev–Trinajstić information content (AvgIpc) is 2.72. The topological polar surface area (TPSA) is 73.9 Å². The molecule has 7 heteroatoms. The quantitative estimate of drug-likeness (QED) is 0.372. The zero-order chi connectivity index (χ0) is 20.4. The number of thioether (sulfide) groups is 1. The molecule has 0 aliphatic carbocycles. The normalized spacial score (nSPS) is 10.2. The van der Waals surface area contributed by atoms with E-state index in [0.29, 0.717) is 18.0 Å². The molecule has 0 aliphatic rings. The van der Waals surface area contributed by atoms with E-state index >= 15 is 0 Å². The summed E-state index contributed by atoms with van der Waals surface area (Å²) >= 11 is 1.74. The fraction of sp³-hybridized carbons (Fsp3) is 0.333. The molecule has 0 unspecified atom stereocenters. The first-order chi connectivity index (χ1) is 13.5. The summed E-state index contributed by atoms with van der Waals surface area (Å²) < 4.78 is 15.6. The van der Waals surface area contributed by atoms with E-state index in [0.717, 1.165) is 17.7 Å². The molecule has 0 radical (unpaired) electrons. The van der Waals surface area contributed by atoms with Crippen molar-refractivity contribution in [2.45, 2.75) is 18.2 Å². The molecule has 0 aliphatic heterocycles. The van der Waals surface area contributed by atoms with Gasteiger partial charge in [0.25, 0.3) is 5.91 Å². The van der Waals surface area contributed by atoms with Crippen LogP contribution in [0, 0.1) is 6.92 Å². The van der Waals surface area contributed by atoms with Crippen LogP contribution in [0.1, 0.15) is 22.3 Å². The standard InChI is InChI=1S/C21H25NO5S/c1-15-18(25-2)12-16(13-19(15)26-3)21(24)27-14-20(23)22-10-7-11-28-17-8-5-4-6-9-17/h4-6,8-9,12-13H,7,10-11,14H2,1-3H3,(H,22,23). The first kappa shape index (κ1) is 21.6. The number of ether oxygens (including phenoxy) is 3. The van der Waals surface area contributed by atoms with Gasteiger partial charge in [0.2, 0.25) is 0 Å². The van der Waals surface area contributed by atoms with Crippen LogP contribution in [-0.4, -0.2) is 45.0 Å². The van der Waals surface area contributed by atoms with E-state index in [4.69, 9.17) is 14.2 Å². The lowest BCUT2D eigenvalue weighted by molar-refractivity contribution is -0.124. The minimum Gasteiger partial charge on any atom is -0.496 e. The average molecular weight is 404 g/mol. The highest BCUT2D eigenvalue weighted by atomic mass is 32.2. The summed E-state index contributed by atoms with van der Waals surface area (Å²) in [5.74, 6) is 1.00. The maximum absolute atomic E-state index is 12.2. The van der Waals surface area contributed by atoms with E-state index < -0.39 is 5.97 Å². The van der Waals surface area contributed by atoms with Crippen LogP contribution in [0.4, 0.5) is 0 Å². The first-order valence-corrected chi connectivity index (χ1v) is 9.88. The van der Waals surface area contributed by atoms with Crippen LogP contribution in [-0.2, 0) is 9.53 Å². The summed E-state index contributed by atoms with van der Waals surface area (Å²) in [5.41, 5.74) is 1.05. The molecular formula is C21H25NO5S. The van der Waals surface area contributed by atoms with Crippen LogP contribution < -0.4 is 14.8 Å². The first-order valence-electron chi connectivity index (χ1n) is 8.89. The maximum Gasteiger partial charge on any atom is 0.338 e. The van der Waals surface area contributed by atoms with Crippen molar-refractivity contribution in [3.63, 3.8) is 0 Å². The molecule has 0 bridgehead atoms. The highest BCUT2D eigenvalue weighted by Crippen LogP contribution is 2.29. The molecule has 150 valence electrons. The van der Waals surface area contributed by atoms with Crippen molar-refractivity contribution >= 4 is 23.6 Å². The molecule has 1 N–H and O–H groups in total. The Morgan fingerprint density at radius 3 is 2.29 bits per heavy atom. The van der Waals surface area contributed by atoms with Crippen LogP contribution in [0.2, 0.25) is 0 Å². The predicted molar refractivity (Wildman–Crippen MR) is 109 cm³/mol.